The summed E-state index contributed by atoms with van der Waals surface area (Å²) in [6.07, 6.45) is -1.33. The van der Waals surface area contributed by atoms with Gasteiger partial charge >= 0.3 is 0 Å². The number of hydrogen-bond acceptors (Lipinski definition) is 3. The molecule has 0 aliphatic carbocycles. The first-order valence-corrected chi connectivity index (χ1v) is 6.79. The molecule has 0 bridgehead atoms. The van der Waals surface area contributed by atoms with Crippen LogP contribution >= 0.6 is 8.53 Å². The van der Waals surface area contributed by atoms with Crippen LogP contribution in [0.2, 0.25) is 0 Å². The highest BCUT2D eigenvalue weighted by atomic mass is 31.2. The molecule has 20 heavy (non-hydrogen) atoms. The molecule has 2 rings (SSSR count). The van der Waals surface area contributed by atoms with Crippen molar-refractivity contribution in [3.63, 3.8) is 0 Å². The van der Waals surface area contributed by atoms with Gasteiger partial charge in [0.15, 0.2) is 23.3 Å². The first-order chi connectivity index (χ1) is 9.34. The first kappa shape index (κ1) is 15.6. The average Bonchev–Trinajstić information content (AvgIpc) is 2.80. The molecular weight excluding hydrogens is 304 g/mol. The molecule has 0 N–H and O–H groups in total. The Morgan fingerprint density at radius 3 is 2.00 bits per heavy atom. The van der Waals surface area contributed by atoms with Gasteiger partial charge in [0.2, 0.25) is 5.82 Å². The van der Waals surface area contributed by atoms with E-state index in [0.717, 1.165) is 0 Å². The zero-order chi connectivity index (χ0) is 15.0. The van der Waals surface area contributed by atoms with Crippen LogP contribution in [-0.4, -0.2) is 24.9 Å². The molecule has 1 aromatic rings. The second-order valence-electron chi connectivity index (χ2n) is 4.18. The van der Waals surface area contributed by atoms with Crippen molar-refractivity contribution in [1.82, 2.24) is 4.67 Å². The minimum Gasteiger partial charge on any atom is -0.321 e. The van der Waals surface area contributed by atoms with Gasteiger partial charge in [0.05, 0.1) is 18.3 Å². The fraction of sp³-hybridized carbons (Fsp3) is 0.455. The molecular formula is C11H11F5NO2P. The molecule has 0 saturated carbocycles. The summed E-state index contributed by atoms with van der Waals surface area (Å²) in [6, 6.07) is 0. The minimum absolute atomic E-state index is 0.381. The van der Waals surface area contributed by atoms with E-state index in [1.165, 1.54) is 6.92 Å². The van der Waals surface area contributed by atoms with Crippen molar-refractivity contribution in [3.8, 4) is 0 Å². The summed E-state index contributed by atoms with van der Waals surface area (Å²) in [5, 5.41) is 0. The first-order valence-electron chi connectivity index (χ1n) is 5.66. The highest BCUT2D eigenvalue weighted by Crippen LogP contribution is 2.49. The Balaban J connectivity index is 2.32. The standard InChI is InChI=1S/C11H11F5NO2P/c1-5(19-20-17(2)3-4-18-20)6-7(12)9(14)11(16)10(15)8(6)13/h5H,3-4H2,1-2H3. The predicted molar refractivity (Wildman–Crippen MR) is 61.2 cm³/mol. The molecule has 2 unspecified atom stereocenters. The lowest BCUT2D eigenvalue weighted by Crippen LogP contribution is -2.13. The zero-order valence-electron chi connectivity index (χ0n) is 10.6. The van der Waals surface area contributed by atoms with E-state index in [4.69, 9.17) is 9.05 Å². The van der Waals surface area contributed by atoms with Crippen LogP contribution < -0.4 is 0 Å². The topological polar surface area (TPSA) is 21.7 Å². The lowest BCUT2D eigenvalue weighted by molar-refractivity contribution is 0.189. The summed E-state index contributed by atoms with van der Waals surface area (Å²) in [6.45, 7) is 2.15. The molecule has 1 aromatic carbocycles. The van der Waals surface area contributed by atoms with Gasteiger partial charge in [-0.2, -0.15) is 0 Å². The van der Waals surface area contributed by atoms with Crippen LogP contribution in [0.1, 0.15) is 18.6 Å². The fourth-order valence-corrected chi connectivity index (χ4v) is 2.99. The average molecular weight is 315 g/mol. The smallest absolute Gasteiger partial charge is 0.259 e. The normalized spacial score (nSPS) is 21.4. The van der Waals surface area contributed by atoms with Crippen LogP contribution in [0, 0.1) is 29.1 Å². The Hall–Kier alpha value is -0.820. The number of rotatable bonds is 3. The van der Waals surface area contributed by atoms with Crippen LogP contribution in [0.15, 0.2) is 0 Å². The monoisotopic (exact) mass is 315 g/mol. The van der Waals surface area contributed by atoms with Crippen molar-refractivity contribution < 1.29 is 31.0 Å². The number of likely N-dealkylation sites (N-methyl/N-ethyl adjacent to an activating group) is 1. The summed E-state index contributed by atoms with van der Waals surface area (Å²) in [7, 11) is 0.111. The molecule has 0 amide bonds. The van der Waals surface area contributed by atoms with E-state index < -0.39 is 49.3 Å². The highest BCUT2D eigenvalue weighted by Gasteiger charge is 2.33. The van der Waals surface area contributed by atoms with Gasteiger partial charge in [-0.3, -0.25) is 0 Å². The van der Waals surface area contributed by atoms with E-state index in [9.17, 15) is 22.0 Å². The van der Waals surface area contributed by atoms with Crippen LogP contribution in [0.3, 0.4) is 0 Å². The minimum atomic E-state index is -2.18. The van der Waals surface area contributed by atoms with E-state index in [-0.39, 0.29) is 0 Å². The lowest BCUT2D eigenvalue weighted by atomic mass is 10.1. The van der Waals surface area contributed by atoms with Gasteiger partial charge in [-0.1, -0.05) is 0 Å². The van der Waals surface area contributed by atoms with Gasteiger partial charge in [-0.05, 0) is 14.0 Å². The number of hydrogen-bond donors (Lipinski definition) is 0. The van der Waals surface area contributed by atoms with E-state index in [0.29, 0.717) is 13.2 Å². The van der Waals surface area contributed by atoms with Crippen molar-refractivity contribution in [2.45, 2.75) is 13.0 Å². The van der Waals surface area contributed by atoms with Gasteiger partial charge in [-0.15, -0.1) is 0 Å². The second-order valence-corrected chi connectivity index (χ2v) is 5.81. The molecule has 0 spiro atoms. The fourth-order valence-electron chi connectivity index (χ4n) is 1.71. The van der Waals surface area contributed by atoms with Crippen molar-refractivity contribution in [1.29, 1.82) is 0 Å². The molecule has 1 aliphatic rings. The van der Waals surface area contributed by atoms with Crippen LogP contribution in [0.5, 0.6) is 0 Å². The summed E-state index contributed by atoms with van der Waals surface area (Å²) in [4.78, 5) is 0. The lowest BCUT2D eigenvalue weighted by Gasteiger charge is -2.22. The quantitative estimate of drug-likeness (QED) is 0.368. The summed E-state index contributed by atoms with van der Waals surface area (Å²) in [5.74, 6) is -9.92. The molecule has 1 heterocycles. The van der Waals surface area contributed by atoms with Crippen molar-refractivity contribution in [3.05, 3.63) is 34.6 Å². The molecule has 9 heteroatoms. The predicted octanol–water partition coefficient (Wildman–Crippen LogP) is 3.65. The number of benzene rings is 1. The summed E-state index contributed by atoms with van der Waals surface area (Å²) in [5.41, 5.74) is -0.993. The summed E-state index contributed by atoms with van der Waals surface area (Å²) < 4.78 is 78.4. The maximum Gasteiger partial charge on any atom is 0.259 e. The van der Waals surface area contributed by atoms with E-state index >= 15 is 0 Å². The van der Waals surface area contributed by atoms with Gasteiger partial charge in [0, 0.05) is 6.54 Å². The molecule has 3 nitrogen and oxygen atoms in total. The van der Waals surface area contributed by atoms with Gasteiger partial charge in [0.1, 0.15) is 0 Å². The van der Waals surface area contributed by atoms with Gasteiger partial charge in [-0.25, -0.2) is 26.6 Å². The van der Waals surface area contributed by atoms with Gasteiger partial charge in [0.25, 0.3) is 8.53 Å². The number of nitrogens with zero attached hydrogens (tertiary/aromatic N) is 1. The van der Waals surface area contributed by atoms with Crippen LogP contribution in [0.25, 0.3) is 0 Å². The largest absolute Gasteiger partial charge is 0.321 e. The Bertz CT molecular complexity index is 501. The Morgan fingerprint density at radius 2 is 1.55 bits per heavy atom. The maximum absolute atomic E-state index is 13.6. The molecule has 2 atom stereocenters. The highest BCUT2D eigenvalue weighted by molar-refractivity contribution is 7.44. The SMILES string of the molecule is CC(OP1OCCN1C)c1c(F)c(F)c(F)c(F)c1F. The van der Waals surface area contributed by atoms with E-state index in [1.807, 2.05) is 0 Å². The van der Waals surface area contributed by atoms with Crippen molar-refractivity contribution in [2.75, 3.05) is 20.2 Å². The number of halogens is 5. The maximum atomic E-state index is 13.6. The van der Waals surface area contributed by atoms with Gasteiger partial charge < -0.3 is 9.05 Å². The third-order valence-electron chi connectivity index (χ3n) is 2.79. The Labute approximate surface area is 113 Å². The molecule has 0 radical (unpaired) electrons. The van der Waals surface area contributed by atoms with E-state index in [2.05, 4.69) is 0 Å². The molecule has 0 aromatic heterocycles. The molecule has 1 saturated heterocycles. The molecule has 1 aliphatic heterocycles. The zero-order valence-corrected chi connectivity index (χ0v) is 11.5. The third-order valence-corrected chi connectivity index (χ3v) is 4.45. The van der Waals surface area contributed by atoms with Crippen molar-refractivity contribution >= 4 is 8.53 Å². The van der Waals surface area contributed by atoms with E-state index in [1.54, 1.807) is 11.7 Å². The molecule has 1 fully saturated rings. The Morgan fingerprint density at radius 1 is 1.05 bits per heavy atom. The Kier molecular flexibility index (Phi) is 4.59. The summed E-state index contributed by atoms with van der Waals surface area (Å²) >= 11 is 0. The van der Waals surface area contributed by atoms with Crippen LogP contribution in [0.4, 0.5) is 22.0 Å². The van der Waals surface area contributed by atoms with Crippen LogP contribution in [-0.2, 0) is 9.05 Å². The second kappa shape index (κ2) is 5.89. The third kappa shape index (κ3) is 2.65. The van der Waals surface area contributed by atoms with Crippen molar-refractivity contribution in [2.24, 2.45) is 0 Å². The molecule has 112 valence electrons.